The van der Waals surface area contributed by atoms with Crippen molar-refractivity contribution in [3.8, 4) is 0 Å². The van der Waals surface area contributed by atoms with Crippen LogP contribution >= 0.6 is 0 Å². The standard InChI is InChI=1S/C15H19N3O2/c1-2-5-12(6-3-1)10-19-11-14-17-15(18-20-14)13-7-4-8-16-9-13/h1-3,5-6,13,16H,4,7-11H2/t13-/m0/s1. The van der Waals surface area contributed by atoms with Crippen molar-refractivity contribution in [3.63, 3.8) is 0 Å². The lowest BCUT2D eigenvalue weighted by atomic mass is 9.99. The molecule has 2 aromatic rings. The Morgan fingerprint density at radius 3 is 2.95 bits per heavy atom. The van der Waals surface area contributed by atoms with E-state index < -0.39 is 0 Å². The topological polar surface area (TPSA) is 60.2 Å². The first-order valence-corrected chi connectivity index (χ1v) is 7.06. The summed E-state index contributed by atoms with van der Waals surface area (Å²) in [6.07, 6.45) is 2.29. The minimum Gasteiger partial charge on any atom is -0.367 e. The van der Waals surface area contributed by atoms with E-state index in [-0.39, 0.29) is 0 Å². The summed E-state index contributed by atoms with van der Waals surface area (Å²) >= 11 is 0. The maximum Gasteiger partial charge on any atom is 0.252 e. The molecule has 1 N–H and O–H groups in total. The van der Waals surface area contributed by atoms with E-state index in [2.05, 4.69) is 15.5 Å². The zero-order valence-corrected chi connectivity index (χ0v) is 11.4. The van der Waals surface area contributed by atoms with Crippen LogP contribution in [0.5, 0.6) is 0 Å². The largest absolute Gasteiger partial charge is 0.367 e. The zero-order valence-electron chi connectivity index (χ0n) is 11.4. The number of benzene rings is 1. The van der Waals surface area contributed by atoms with Gasteiger partial charge in [0, 0.05) is 12.5 Å². The van der Waals surface area contributed by atoms with Gasteiger partial charge in [0.05, 0.1) is 6.61 Å². The highest BCUT2D eigenvalue weighted by Crippen LogP contribution is 2.20. The van der Waals surface area contributed by atoms with Crippen molar-refractivity contribution in [2.45, 2.75) is 32.0 Å². The van der Waals surface area contributed by atoms with Crippen LogP contribution in [0.25, 0.3) is 0 Å². The molecule has 3 rings (SSSR count). The van der Waals surface area contributed by atoms with Gasteiger partial charge in [-0.15, -0.1) is 0 Å². The number of piperidine rings is 1. The first-order valence-electron chi connectivity index (χ1n) is 7.06. The average Bonchev–Trinajstić information content (AvgIpc) is 2.98. The van der Waals surface area contributed by atoms with Crippen LogP contribution < -0.4 is 5.32 Å². The SMILES string of the molecule is c1ccc(COCc2nc([C@H]3CCCNC3)no2)cc1. The highest BCUT2D eigenvalue weighted by Gasteiger charge is 2.20. The summed E-state index contributed by atoms with van der Waals surface area (Å²) in [4.78, 5) is 4.42. The van der Waals surface area contributed by atoms with E-state index >= 15 is 0 Å². The Labute approximate surface area is 118 Å². The van der Waals surface area contributed by atoms with Crippen LogP contribution in [0.15, 0.2) is 34.9 Å². The summed E-state index contributed by atoms with van der Waals surface area (Å²) in [6, 6.07) is 10.1. The second-order valence-corrected chi connectivity index (χ2v) is 5.07. The Morgan fingerprint density at radius 2 is 2.15 bits per heavy atom. The van der Waals surface area contributed by atoms with E-state index in [0.29, 0.717) is 25.0 Å². The van der Waals surface area contributed by atoms with Gasteiger partial charge >= 0.3 is 0 Å². The quantitative estimate of drug-likeness (QED) is 0.905. The lowest BCUT2D eigenvalue weighted by Gasteiger charge is -2.19. The second-order valence-electron chi connectivity index (χ2n) is 5.07. The van der Waals surface area contributed by atoms with Gasteiger partial charge in [0.25, 0.3) is 5.89 Å². The first-order chi connectivity index (χ1) is 9.92. The maximum absolute atomic E-state index is 5.59. The molecule has 106 valence electrons. The zero-order chi connectivity index (χ0) is 13.6. The molecule has 5 heteroatoms. The van der Waals surface area contributed by atoms with E-state index in [1.165, 1.54) is 6.42 Å². The molecule has 20 heavy (non-hydrogen) atoms. The molecule has 0 unspecified atom stereocenters. The second kappa shape index (κ2) is 6.63. The van der Waals surface area contributed by atoms with Crippen LogP contribution in [0.2, 0.25) is 0 Å². The number of aromatic nitrogens is 2. The molecule has 5 nitrogen and oxygen atoms in total. The van der Waals surface area contributed by atoms with Gasteiger partial charge in [0.2, 0.25) is 0 Å². The Hall–Kier alpha value is -1.72. The normalized spacial score (nSPS) is 19.1. The molecule has 0 aliphatic carbocycles. The number of nitrogens with zero attached hydrogens (tertiary/aromatic N) is 2. The summed E-state index contributed by atoms with van der Waals surface area (Å²) < 4.78 is 10.8. The lowest BCUT2D eigenvalue weighted by Crippen LogP contribution is -2.28. The van der Waals surface area contributed by atoms with Crippen molar-refractivity contribution in [1.82, 2.24) is 15.5 Å². The first kappa shape index (κ1) is 13.3. The van der Waals surface area contributed by atoms with E-state index in [1.807, 2.05) is 30.3 Å². The fourth-order valence-corrected chi connectivity index (χ4v) is 2.40. The molecule has 1 fully saturated rings. The maximum atomic E-state index is 5.59. The number of rotatable bonds is 5. The van der Waals surface area contributed by atoms with E-state index in [9.17, 15) is 0 Å². The van der Waals surface area contributed by atoms with Gasteiger partial charge in [-0.1, -0.05) is 35.5 Å². The lowest BCUT2D eigenvalue weighted by molar-refractivity contribution is 0.0850. The molecule has 1 atom stereocenters. The summed E-state index contributed by atoms with van der Waals surface area (Å²) in [5.41, 5.74) is 1.14. The summed E-state index contributed by atoms with van der Waals surface area (Å²) in [7, 11) is 0. The average molecular weight is 273 g/mol. The highest BCUT2D eigenvalue weighted by molar-refractivity contribution is 5.13. The molecule has 0 radical (unpaired) electrons. The molecule has 1 aromatic carbocycles. The van der Waals surface area contributed by atoms with Crippen LogP contribution in [-0.2, 0) is 18.0 Å². The minimum absolute atomic E-state index is 0.363. The highest BCUT2D eigenvalue weighted by atomic mass is 16.5. The predicted molar refractivity (Wildman–Crippen MR) is 74.1 cm³/mol. The third kappa shape index (κ3) is 3.43. The molecule has 2 heterocycles. The summed E-state index contributed by atoms with van der Waals surface area (Å²) in [5.74, 6) is 1.73. The van der Waals surface area contributed by atoms with Crippen LogP contribution in [0.1, 0.15) is 36.0 Å². The van der Waals surface area contributed by atoms with Crippen LogP contribution in [-0.4, -0.2) is 23.2 Å². The molecule has 1 saturated heterocycles. The van der Waals surface area contributed by atoms with Crippen LogP contribution in [0, 0.1) is 0 Å². The fourth-order valence-electron chi connectivity index (χ4n) is 2.40. The molecular formula is C15H19N3O2. The Kier molecular flexibility index (Phi) is 4.40. The van der Waals surface area contributed by atoms with E-state index in [1.54, 1.807) is 0 Å². The van der Waals surface area contributed by atoms with Crippen LogP contribution in [0.4, 0.5) is 0 Å². The molecule has 0 bridgehead atoms. The van der Waals surface area contributed by atoms with Crippen molar-refractivity contribution in [3.05, 3.63) is 47.6 Å². The van der Waals surface area contributed by atoms with Gasteiger partial charge < -0.3 is 14.6 Å². The van der Waals surface area contributed by atoms with E-state index in [4.69, 9.17) is 9.26 Å². The summed E-state index contributed by atoms with van der Waals surface area (Å²) in [6.45, 7) is 2.94. The van der Waals surface area contributed by atoms with Crippen molar-refractivity contribution in [2.24, 2.45) is 0 Å². The van der Waals surface area contributed by atoms with Crippen molar-refractivity contribution in [2.75, 3.05) is 13.1 Å². The molecule has 0 amide bonds. The van der Waals surface area contributed by atoms with Gasteiger partial charge in [0.1, 0.15) is 6.61 Å². The Balaban J connectivity index is 1.50. The van der Waals surface area contributed by atoms with Crippen molar-refractivity contribution >= 4 is 0 Å². The van der Waals surface area contributed by atoms with Crippen molar-refractivity contribution in [1.29, 1.82) is 0 Å². The van der Waals surface area contributed by atoms with Crippen molar-refractivity contribution < 1.29 is 9.26 Å². The molecule has 0 saturated carbocycles. The number of nitrogens with one attached hydrogen (secondary N) is 1. The molecule has 0 spiro atoms. The Bertz CT molecular complexity index is 521. The number of hydrogen-bond acceptors (Lipinski definition) is 5. The number of hydrogen-bond donors (Lipinski definition) is 1. The van der Waals surface area contributed by atoms with Gasteiger partial charge in [-0.2, -0.15) is 4.98 Å². The van der Waals surface area contributed by atoms with Gasteiger partial charge in [-0.3, -0.25) is 0 Å². The van der Waals surface area contributed by atoms with E-state index in [0.717, 1.165) is 30.9 Å². The van der Waals surface area contributed by atoms with Gasteiger partial charge in [-0.05, 0) is 24.9 Å². The third-order valence-corrected chi connectivity index (χ3v) is 3.48. The molecular weight excluding hydrogens is 254 g/mol. The fraction of sp³-hybridized carbons (Fsp3) is 0.467. The third-order valence-electron chi connectivity index (χ3n) is 3.48. The smallest absolute Gasteiger partial charge is 0.252 e. The molecule has 1 aromatic heterocycles. The van der Waals surface area contributed by atoms with Crippen LogP contribution in [0.3, 0.4) is 0 Å². The van der Waals surface area contributed by atoms with Gasteiger partial charge in [-0.25, -0.2) is 0 Å². The monoisotopic (exact) mass is 273 g/mol. The molecule has 1 aliphatic rings. The predicted octanol–water partition coefficient (Wildman–Crippen LogP) is 2.25. The number of ether oxygens (including phenoxy) is 1. The van der Waals surface area contributed by atoms with Gasteiger partial charge in [0.15, 0.2) is 5.82 Å². The molecule has 1 aliphatic heterocycles. The minimum atomic E-state index is 0.363. The summed E-state index contributed by atoms with van der Waals surface area (Å²) in [5, 5.41) is 7.41. The Morgan fingerprint density at radius 1 is 1.25 bits per heavy atom.